The lowest BCUT2D eigenvalue weighted by molar-refractivity contribution is 0.526. The van der Waals surface area contributed by atoms with Crippen LogP contribution < -0.4 is 0 Å². The highest BCUT2D eigenvalue weighted by Crippen LogP contribution is 2.35. The van der Waals surface area contributed by atoms with Crippen LogP contribution in [0.1, 0.15) is 116 Å². The first kappa shape index (κ1) is 23.4. The van der Waals surface area contributed by atoms with Gasteiger partial charge in [0, 0.05) is 6.21 Å². The summed E-state index contributed by atoms with van der Waals surface area (Å²) < 4.78 is 24.7. The second-order valence-corrected chi connectivity index (χ2v) is 10.7. The molecule has 1 atom stereocenters. The van der Waals surface area contributed by atoms with Crippen LogP contribution in [0.4, 0.5) is 0 Å². The Hall–Kier alpha value is -0.900. The number of aliphatic imine (C=N–C) groups is 1. The first-order chi connectivity index (χ1) is 13.7. The third-order valence-electron chi connectivity index (χ3n) is 6.08. The van der Waals surface area contributed by atoms with E-state index in [4.69, 9.17) is 0 Å². The third-order valence-corrected chi connectivity index (χ3v) is 8.21. The molecule has 0 aromatic heterocycles. The van der Waals surface area contributed by atoms with Crippen LogP contribution >= 0.6 is 0 Å². The first-order valence-electron chi connectivity index (χ1n) is 11.9. The minimum Gasteiger partial charge on any atom is -0.256 e. The van der Waals surface area contributed by atoms with Crippen LogP contribution in [-0.2, 0) is 9.84 Å². The van der Waals surface area contributed by atoms with Crippen LogP contribution in [0, 0.1) is 0 Å². The van der Waals surface area contributed by atoms with Crippen molar-refractivity contribution in [2.75, 3.05) is 0 Å². The highest BCUT2D eigenvalue weighted by atomic mass is 32.2. The van der Waals surface area contributed by atoms with Crippen molar-refractivity contribution in [3.05, 3.63) is 22.8 Å². The van der Waals surface area contributed by atoms with Gasteiger partial charge >= 0.3 is 0 Å². The average Bonchev–Trinajstić information content (AvgIpc) is 3.23. The van der Waals surface area contributed by atoms with Crippen LogP contribution in [0.2, 0.25) is 0 Å². The largest absolute Gasteiger partial charge is 0.256 e. The van der Waals surface area contributed by atoms with Crippen molar-refractivity contribution in [2.45, 2.75) is 121 Å². The van der Waals surface area contributed by atoms with Crippen molar-refractivity contribution in [3.8, 4) is 0 Å². The van der Waals surface area contributed by atoms with Crippen molar-refractivity contribution >= 4 is 16.1 Å². The van der Waals surface area contributed by atoms with E-state index < -0.39 is 9.84 Å². The molecule has 1 unspecified atom stereocenters. The molecule has 28 heavy (non-hydrogen) atoms. The molecule has 2 aliphatic heterocycles. The minimum absolute atomic E-state index is 0.335. The van der Waals surface area contributed by atoms with Crippen molar-refractivity contribution < 1.29 is 8.42 Å². The van der Waals surface area contributed by atoms with Crippen molar-refractivity contribution in [1.82, 2.24) is 0 Å². The van der Waals surface area contributed by atoms with Gasteiger partial charge in [0.05, 0.1) is 15.9 Å². The molecule has 0 fully saturated rings. The predicted molar refractivity (Wildman–Crippen MR) is 122 cm³/mol. The first-order valence-corrected chi connectivity index (χ1v) is 13.4. The summed E-state index contributed by atoms with van der Waals surface area (Å²) in [6.45, 7) is 2.28. The van der Waals surface area contributed by atoms with Crippen LogP contribution in [0.5, 0.6) is 0 Å². The van der Waals surface area contributed by atoms with Crippen LogP contribution in [0.3, 0.4) is 0 Å². The highest BCUT2D eigenvalue weighted by Gasteiger charge is 2.37. The van der Waals surface area contributed by atoms with E-state index in [0.717, 1.165) is 19.3 Å². The second-order valence-electron chi connectivity index (χ2n) is 8.54. The van der Waals surface area contributed by atoms with E-state index in [2.05, 4.69) is 11.9 Å². The number of nitrogens with zero attached hydrogens (tertiary/aromatic N) is 1. The number of hydrogen-bond donors (Lipinski definition) is 0. The molecule has 0 bridgehead atoms. The van der Waals surface area contributed by atoms with Gasteiger partial charge < -0.3 is 0 Å². The molecule has 3 nitrogen and oxygen atoms in total. The molecule has 0 radical (unpaired) electrons. The molecule has 2 rings (SSSR count). The summed E-state index contributed by atoms with van der Waals surface area (Å²) in [6, 6.07) is 0. The van der Waals surface area contributed by atoms with Gasteiger partial charge in [0.15, 0.2) is 9.84 Å². The Bertz CT molecular complexity index is 631. The van der Waals surface area contributed by atoms with E-state index in [1.165, 1.54) is 89.9 Å². The lowest BCUT2D eigenvalue weighted by Gasteiger charge is -2.08. The Morgan fingerprint density at radius 3 is 1.68 bits per heavy atom. The van der Waals surface area contributed by atoms with E-state index in [0.29, 0.717) is 10.6 Å². The van der Waals surface area contributed by atoms with E-state index in [1.54, 1.807) is 12.3 Å². The number of allylic oxidation sites excluding steroid dienone is 1. The maximum atomic E-state index is 12.4. The lowest BCUT2D eigenvalue weighted by Crippen LogP contribution is -2.15. The molecule has 0 aromatic carbocycles. The van der Waals surface area contributed by atoms with Gasteiger partial charge in [0.25, 0.3) is 0 Å². The number of rotatable bonds is 17. The molecule has 0 amide bonds. The van der Waals surface area contributed by atoms with Gasteiger partial charge in [-0.3, -0.25) is 4.99 Å². The zero-order chi connectivity index (χ0) is 20.1. The summed E-state index contributed by atoms with van der Waals surface area (Å²) in [7, 11) is -3.14. The predicted octanol–water partition coefficient (Wildman–Crippen LogP) is 7.29. The maximum absolute atomic E-state index is 12.4. The molecule has 0 spiro atoms. The fraction of sp³-hybridized carbons (Fsp3) is 0.792. The van der Waals surface area contributed by atoms with Crippen molar-refractivity contribution in [1.29, 1.82) is 0 Å². The van der Waals surface area contributed by atoms with Crippen LogP contribution in [0.25, 0.3) is 0 Å². The molecule has 4 heteroatoms. The molecule has 0 aliphatic carbocycles. The zero-order valence-electron chi connectivity index (χ0n) is 18.0. The topological polar surface area (TPSA) is 46.5 Å². The summed E-state index contributed by atoms with van der Waals surface area (Å²) in [5, 5.41) is -0.335. The van der Waals surface area contributed by atoms with E-state index in [9.17, 15) is 8.42 Å². The normalized spacial score (nSPS) is 19.7. The Kier molecular flexibility index (Phi) is 11.1. The summed E-state index contributed by atoms with van der Waals surface area (Å²) in [5.74, 6) is 0. The summed E-state index contributed by atoms with van der Waals surface area (Å²) in [4.78, 5) is 4.57. The molecule has 0 aromatic rings. The smallest absolute Gasteiger partial charge is 0.187 e. The van der Waals surface area contributed by atoms with Gasteiger partial charge in [-0.25, -0.2) is 8.42 Å². The Morgan fingerprint density at radius 1 is 0.750 bits per heavy atom. The van der Waals surface area contributed by atoms with Gasteiger partial charge in [-0.15, -0.1) is 0 Å². The molecule has 0 saturated carbocycles. The van der Waals surface area contributed by atoms with Gasteiger partial charge in [0.1, 0.15) is 0 Å². The van der Waals surface area contributed by atoms with Crippen LogP contribution in [-0.4, -0.2) is 19.9 Å². The maximum Gasteiger partial charge on any atom is 0.187 e. The number of fused-ring (bicyclic) bond motifs is 1. The van der Waals surface area contributed by atoms with E-state index in [1.807, 2.05) is 6.08 Å². The van der Waals surface area contributed by atoms with Crippen molar-refractivity contribution in [2.24, 2.45) is 4.99 Å². The van der Waals surface area contributed by atoms with Gasteiger partial charge in [-0.1, -0.05) is 110 Å². The number of hydrogen-bond acceptors (Lipinski definition) is 3. The summed E-state index contributed by atoms with van der Waals surface area (Å²) >= 11 is 0. The Labute approximate surface area is 173 Å². The number of unbranched alkanes of at least 4 members (excludes halogenated alkanes) is 15. The Balaban J connectivity index is 1.35. The fourth-order valence-electron chi connectivity index (χ4n) is 4.26. The third kappa shape index (κ3) is 7.85. The lowest BCUT2D eigenvalue weighted by atomic mass is 10.0. The molecule has 160 valence electrons. The highest BCUT2D eigenvalue weighted by molar-refractivity contribution is 7.96. The molecular formula is C24H41NO2S. The van der Waals surface area contributed by atoms with E-state index >= 15 is 0 Å². The Morgan fingerprint density at radius 2 is 1.21 bits per heavy atom. The summed E-state index contributed by atoms with van der Waals surface area (Å²) in [6.07, 6.45) is 27.3. The second kappa shape index (κ2) is 13.3. The SMILES string of the molecule is CCCCCCCCCCCCCCCCCCC1C=C2N=CC=C2S1(=O)=O. The van der Waals surface area contributed by atoms with Gasteiger partial charge in [0.2, 0.25) is 0 Å². The zero-order valence-corrected chi connectivity index (χ0v) is 18.8. The fourth-order valence-corrected chi connectivity index (χ4v) is 6.03. The average molecular weight is 408 g/mol. The minimum atomic E-state index is -3.14. The summed E-state index contributed by atoms with van der Waals surface area (Å²) in [5.41, 5.74) is 0.668. The van der Waals surface area contributed by atoms with E-state index in [-0.39, 0.29) is 5.25 Å². The molecule has 0 N–H and O–H groups in total. The van der Waals surface area contributed by atoms with Crippen LogP contribution in [0.15, 0.2) is 27.7 Å². The van der Waals surface area contributed by atoms with Crippen molar-refractivity contribution in [3.63, 3.8) is 0 Å². The monoisotopic (exact) mass is 407 g/mol. The van der Waals surface area contributed by atoms with Gasteiger partial charge in [-0.2, -0.15) is 0 Å². The molecule has 0 saturated heterocycles. The molecule has 2 aliphatic rings. The van der Waals surface area contributed by atoms with Gasteiger partial charge in [-0.05, 0) is 18.6 Å². The standard InChI is InChI=1S/C24H41NO2S/c1-2-3-4-5-6-7-8-9-10-11-12-13-14-15-16-17-18-22-21-23-24(19-20-25-23)28(22,26)27/h19-22H,2-18H2,1H3. The quantitative estimate of drug-likeness (QED) is 0.238. The molecule has 2 heterocycles. The molecular weight excluding hydrogens is 366 g/mol. The number of sulfone groups is 1.